The Morgan fingerprint density at radius 2 is 1.71 bits per heavy atom. The van der Waals surface area contributed by atoms with Crippen LogP contribution in [-0.4, -0.2) is 23.9 Å². The molecule has 114 valence electrons. The van der Waals surface area contributed by atoms with Crippen molar-refractivity contribution in [3.8, 4) is 0 Å². The van der Waals surface area contributed by atoms with Gasteiger partial charge in [-0.15, -0.1) is 0 Å². The van der Waals surface area contributed by atoms with E-state index in [-0.39, 0.29) is 5.91 Å². The minimum atomic E-state index is 0.140. The van der Waals surface area contributed by atoms with Gasteiger partial charge in [-0.1, -0.05) is 52.0 Å². The number of nitrogens with zero attached hydrogens (tertiary/aromatic N) is 1. The molecule has 1 aliphatic heterocycles. The van der Waals surface area contributed by atoms with E-state index in [0.29, 0.717) is 17.8 Å². The predicted octanol–water partition coefficient (Wildman–Crippen LogP) is 4.33. The molecule has 2 unspecified atom stereocenters. The molecule has 1 amide bonds. The molecular formula is C19H27NO. The van der Waals surface area contributed by atoms with Gasteiger partial charge in [0.2, 0.25) is 5.91 Å². The van der Waals surface area contributed by atoms with Gasteiger partial charge in [-0.3, -0.25) is 4.79 Å². The van der Waals surface area contributed by atoms with E-state index in [0.717, 1.165) is 18.7 Å². The molecule has 2 nitrogen and oxygen atoms in total. The number of amides is 1. The average Bonchev–Trinajstić information content (AvgIpc) is 2.44. The van der Waals surface area contributed by atoms with Gasteiger partial charge < -0.3 is 4.90 Å². The Hall–Kier alpha value is -1.57. The lowest BCUT2D eigenvalue weighted by atomic mass is 9.92. The number of rotatable bonds is 3. The van der Waals surface area contributed by atoms with Crippen LogP contribution in [0.3, 0.4) is 0 Å². The predicted molar refractivity (Wildman–Crippen MR) is 89.1 cm³/mol. The van der Waals surface area contributed by atoms with Crippen molar-refractivity contribution in [3.63, 3.8) is 0 Å². The lowest BCUT2D eigenvalue weighted by Gasteiger charge is -2.34. The molecule has 1 aromatic rings. The molecule has 21 heavy (non-hydrogen) atoms. The first-order valence-electron chi connectivity index (χ1n) is 8.02. The van der Waals surface area contributed by atoms with Crippen LogP contribution in [0.5, 0.6) is 0 Å². The van der Waals surface area contributed by atoms with Crippen LogP contribution in [0.2, 0.25) is 0 Å². The summed E-state index contributed by atoms with van der Waals surface area (Å²) in [6, 6.07) is 8.45. The summed E-state index contributed by atoms with van der Waals surface area (Å²) < 4.78 is 0. The summed E-state index contributed by atoms with van der Waals surface area (Å²) in [5.41, 5.74) is 2.42. The number of hydrogen-bond acceptors (Lipinski definition) is 1. The second kappa shape index (κ2) is 6.93. The third-order valence-corrected chi connectivity index (χ3v) is 4.20. The van der Waals surface area contributed by atoms with Crippen molar-refractivity contribution in [1.29, 1.82) is 0 Å². The van der Waals surface area contributed by atoms with Gasteiger partial charge in [0, 0.05) is 19.2 Å². The Balaban J connectivity index is 1.98. The highest BCUT2D eigenvalue weighted by atomic mass is 16.2. The Bertz CT molecular complexity index is 491. The fraction of sp³-hybridized carbons (Fsp3) is 0.526. The summed E-state index contributed by atoms with van der Waals surface area (Å²) in [6.45, 7) is 10.6. The topological polar surface area (TPSA) is 20.3 Å². The fourth-order valence-corrected chi connectivity index (χ4v) is 3.11. The molecule has 1 fully saturated rings. The van der Waals surface area contributed by atoms with Gasteiger partial charge in [-0.25, -0.2) is 0 Å². The van der Waals surface area contributed by atoms with Crippen LogP contribution in [0.25, 0.3) is 6.08 Å². The highest BCUT2D eigenvalue weighted by Crippen LogP contribution is 2.21. The highest BCUT2D eigenvalue weighted by molar-refractivity contribution is 5.91. The molecule has 2 heteroatoms. The summed E-state index contributed by atoms with van der Waals surface area (Å²) in [5, 5.41) is 0. The van der Waals surface area contributed by atoms with Crippen molar-refractivity contribution in [1.82, 2.24) is 4.90 Å². The zero-order valence-corrected chi connectivity index (χ0v) is 13.7. The van der Waals surface area contributed by atoms with Gasteiger partial charge >= 0.3 is 0 Å². The van der Waals surface area contributed by atoms with Crippen LogP contribution in [0.1, 0.15) is 51.2 Å². The maximum absolute atomic E-state index is 12.3. The molecule has 2 atom stereocenters. The summed E-state index contributed by atoms with van der Waals surface area (Å²) in [5.74, 6) is 1.90. The minimum absolute atomic E-state index is 0.140. The zero-order chi connectivity index (χ0) is 15.4. The average molecular weight is 285 g/mol. The number of hydrogen-bond donors (Lipinski definition) is 0. The highest BCUT2D eigenvalue weighted by Gasteiger charge is 2.23. The Morgan fingerprint density at radius 3 is 2.24 bits per heavy atom. The number of likely N-dealkylation sites (tertiary alicyclic amines) is 1. The monoisotopic (exact) mass is 285 g/mol. The van der Waals surface area contributed by atoms with Crippen LogP contribution in [0.15, 0.2) is 30.3 Å². The molecule has 0 bridgehead atoms. The van der Waals surface area contributed by atoms with Crippen molar-refractivity contribution in [2.45, 2.75) is 40.0 Å². The van der Waals surface area contributed by atoms with E-state index in [1.165, 1.54) is 12.0 Å². The van der Waals surface area contributed by atoms with Gasteiger partial charge in [0.15, 0.2) is 0 Å². The fourth-order valence-electron chi connectivity index (χ4n) is 3.11. The number of carbonyl (C=O) groups excluding carboxylic acids is 1. The first-order valence-corrected chi connectivity index (χ1v) is 8.02. The van der Waals surface area contributed by atoms with Gasteiger partial charge in [0.1, 0.15) is 0 Å². The molecular weight excluding hydrogens is 258 g/mol. The Kier molecular flexibility index (Phi) is 5.22. The van der Waals surface area contributed by atoms with Crippen molar-refractivity contribution in [3.05, 3.63) is 41.5 Å². The van der Waals surface area contributed by atoms with Crippen molar-refractivity contribution in [2.75, 3.05) is 13.1 Å². The lowest BCUT2D eigenvalue weighted by molar-refractivity contribution is -0.128. The van der Waals surface area contributed by atoms with Crippen LogP contribution in [0.4, 0.5) is 0 Å². The van der Waals surface area contributed by atoms with Gasteiger partial charge in [-0.2, -0.15) is 0 Å². The van der Waals surface area contributed by atoms with Gasteiger partial charge in [-0.05, 0) is 41.4 Å². The summed E-state index contributed by atoms with van der Waals surface area (Å²) in [6.07, 6.45) is 4.87. The molecule has 1 aromatic carbocycles. The van der Waals surface area contributed by atoms with Crippen LogP contribution >= 0.6 is 0 Å². The molecule has 0 spiro atoms. The van der Waals surface area contributed by atoms with E-state index < -0.39 is 0 Å². The number of benzene rings is 1. The third-order valence-electron chi connectivity index (χ3n) is 4.20. The number of piperidine rings is 1. The van der Waals surface area contributed by atoms with E-state index in [2.05, 4.69) is 52.0 Å². The van der Waals surface area contributed by atoms with Crippen molar-refractivity contribution < 1.29 is 4.79 Å². The quantitative estimate of drug-likeness (QED) is 0.757. The first kappa shape index (κ1) is 15.8. The lowest BCUT2D eigenvalue weighted by Crippen LogP contribution is -2.41. The molecule has 0 radical (unpaired) electrons. The van der Waals surface area contributed by atoms with Crippen LogP contribution < -0.4 is 0 Å². The maximum atomic E-state index is 12.3. The van der Waals surface area contributed by atoms with Crippen molar-refractivity contribution in [2.24, 2.45) is 11.8 Å². The smallest absolute Gasteiger partial charge is 0.246 e. The molecule has 1 heterocycles. The summed E-state index contributed by atoms with van der Waals surface area (Å²) in [7, 11) is 0. The van der Waals surface area contributed by atoms with Crippen LogP contribution in [-0.2, 0) is 4.79 Å². The SMILES string of the molecule is CC1CC(C)CN(C(=O)/C=C/c2ccc(C(C)C)cc2)C1. The van der Waals surface area contributed by atoms with Gasteiger partial charge in [0.05, 0.1) is 0 Å². The van der Waals surface area contributed by atoms with E-state index in [1.54, 1.807) is 6.08 Å². The molecule has 1 saturated heterocycles. The molecule has 2 rings (SSSR count). The van der Waals surface area contributed by atoms with Crippen LogP contribution in [0, 0.1) is 11.8 Å². The van der Waals surface area contributed by atoms with Gasteiger partial charge in [0.25, 0.3) is 0 Å². The van der Waals surface area contributed by atoms with Crippen molar-refractivity contribution >= 4 is 12.0 Å². The largest absolute Gasteiger partial charge is 0.339 e. The summed E-state index contributed by atoms with van der Waals surface area (Å²) >= 11 is 0. The molecule has 0 N–H and O–H groups in total. The molecule has 0 saturated carbocycles. The normalized spacial score (nSPS) is 23.0. The minimum Gasteiger partial charge on any atom is -0.339 e. The zero-order valence-electron chi connectivity index (χ0n) is 13.7. The molecule has 1 aliphatic rings. The second-order valence-corrected chi connectivity index (χ2v) is 6.84. The maximum Gasteiger partial charge on any atom is 0.246 e. The molecule has 0 aromatic heterocycles. The Morgan fingerprint density at radius 1 is 1.14 bits per heavy atom. The summed E-state index contributed by atoms with van der Waals surface area (Å²) in [4.78, 5) is 14.3. The molecule has 0 aliphatic carbocycles. The van der Waals surface area contributed by atoms with E-state index in [4.69, 9.17) is 0 Å². The van der Waals surface area contributed by atoms with E-state index >= 15 is 0 Å². The number of carbonyl (C=O) groups is 1. The third kappa shape index (κ3) is 4.45. The standard InChI is InChI=1S/C19H27NO/c1-14(2)18-8-5-17(6-9-18)7-10-19(21)20-12-15(3)11-16(4)13-20/h5-10,14-16H,11-13H2,1-4H3/b10-7+. The van der Waals surface area contributed by atoms with E-state index in [1.807, 2.05) is 11.0 Å². The van der Waals surface area contributed by atoms with E-state index in [9.17, 15) is 4.79 Å². The second-order valence-electron chi connectivity index (χ2n) is 6.84. The Labute approximate surface area is 128 Å². The first-order chi connectivity index (χ1) is 9.95.